The van der Waals surface area contributed by atoms with Gasteiger partial charge in [0.2, 0.25) is 10.0 Å². The summed E-state index contributed by atoms with van der Waals surface area (Å²) < 4.78 is 27.6. The van der Waals surface area contributed by atoms with Crippen molar-refractivity contribution in [3.05, 3.63) is 27.2 Å². The molecular formula is C13H16Cl3NO2S. The van der Waals surface area contributed by atoms with Crippen LogP contribution >= 0.6 is 34.8 Å². The van der Waals surface area contributed by atoms with Gasteiger partial charge in [-0.25, -0.2) is 13.1 Å². The van der Waals surface area contributed by atoms with E-state index in [-0.39, 0.29) is 26.0 Å². The number of hydrogen-bond acceptors (Lipinski definition) is 2. The van der Waals surface area contributed by atoms with Crippen LogP contribution in [0.4, 0.5) is 0 Å². The summed E-state index contributed by atoms with van der Waals surface area (Å²) in [7, 11) is -3.69. The zero-order chi connectivity index (χ0) is 14.9. The van der Waals surface area contributed by atoms with Crippen LogP contribution in [0.5, 0.6) is 0 Å². The molecule has 0 amide bonds. The fourth-order valence-electron chi connectivity index (χ4n) is 2.47. The molecule has 1 saturated carbocycles. The van der Waals surface area contributed by atoms with Crippen molar-refractivity contribution in [2.45, 2.75) is 43.5 Å². The highest BCUT2D eigenvalue weighted by Crippen LogP contribution is 2.35. The van der Waals surface area contributed by atoms with E-state index in [2.05, 4.69) is 11.6 Å². The van der Waals surface area contributed by atoms with Crippen molar-refractivity contribution in [1.82, 2.24) is 4.72 Å². The van der Waals surface area contributed by atoms with Gasteiger partial charge < -0.3 is 0 Å². The summed E-state index contributed by atoms with van der Waals surface area (Å²) in [5.74, 6) is 0.320. The highest BCUT2D eigenvalue weighted by molar-refractivity contribution is 7.89. The average Bonchev–Trinajstić information content (AvgIpc) is 2.38. The van der Waals surface area contributed by atoms with E-state index >= 15 is 0 Å². The standard InChI is InChI=1S/C13H16Cl3NO2S/c1-8-4-2-3-5-10(8)17-20(18,19)11-7-6-9(14)12(15)13(11)16/h6-8,10,17H,2-5H2,1H3/t8-,10+/m1/s1. The third kappa shape index (κ3) is 3.42. The first kappa shape index (κ1) is 16.4. The van der Waals surface area contributed by atoms with Crippen molar-refractivity contribution in [2.75, 3.05) is 0 Å². The highest BCUT2D eigenvalue weighted by atomic mass is 35.5. The van der Waals surface area contributed by atoms with Gasteiger partial charge in [0, 0.05) is 6.04 Å². The number of nitrogens with one attached hydrogen (secondary N) is 1. The Morgan fingerprint density at radius 1 is 1.10 bits per heavy atom. The van der Waals surface area contributed by atoms with Gasteiger partial charge in [0.25, 0.3) is 0 Å². The van der Waals surface area contributed by atoms with Crippen LogP contribution in [0.2, 0.25) is 15.1 Å². The zero-order valence-electron chi connectivity index (χ0n) is 11.0. The smallest absolute Gasteiger partial charge is 0.208 e. The van der Waals surface area contributed by atoms with E-state index in [4.69, 9.17) is 34.8 Å². The summed E-state index contributed by atoms with van der Waals surface area (Å²) >= 11 is 17.7. The van der Waals surface area contributed by atoms with Gasteiger partial charge in [0.1, 0.15) is 4.90 Å². The molecule has 0 radical (unpaired) electrons. The molecule has 20 heavy (non-hydrogen) atoms. The molecule has 2 rings (SSSR count). The Balaban J connectivity index is 2.29. The second-order valence-electron chi connectivity index (χ2n) is 5.16. The van der Waals surface area contributed by atoms with Crippen LogP contribution in [0.25, 0.3) is 0 Å². The lowest BCUT2D eigenvalue weighted by Crippen LogP contribution is -2.41. The lowest BCUT2D eigenvalue weighted by atomic mass is 9.87. The number of hydrogen-bond donors (Lipinski definition) is 1. The van der Waals surface area contributed by atoms with E-state index in [0.717, 1.165) is 25.7 Å². The van der Waals surface area contributed by atoms with Gasteiger partial charge in [0.15, 0.2) is 0 Å². The van der Waals surface area contributed by atoms with Crippen LogP contribution in [-0.4, -0.2) is 14.5 Å². The summed E-state index contributed by atoms with van der Waals surface area (Å²) in [6, 6.07) is 2.76. The molecule has 0 spiro atoms. The Morgan fingerprint density at radius 3 is 2.40 bits per heavy atom. The lowest BCUT2D eigenvalue weighted by Gasteiger charge is -2.29. The Labute approximate surface area is 134 Å². The van der Waals surface area contributed by atoms with Crippen molar-refractivity contribution in [1.29, 1.82) is 0 Å². The van der Waals surface area contributed by atoms with Crippen molar-refractivity contribution in [2.24, 2.45) is 5.92 Å². The van der Waals surface area contributed by atoms with Crippen molar-refractivity contribution >= 4 is 44.8 Å². The topological polar surface area (TPSA) is 46.2 Å². The van der Waals surface area contributed by atoms with E-state index in [9.17, 15) is 8.42 Å². The average molecular weight is 357 g/mol. The first-order valence-corrected chi connectivity index (χ1v) is 9.10. The summed E-state index contributed by atoms with van der Waals surface area (Å²) in [5, 5.41) is 0.268. The maximum atomic E-state index is 12.4. The number of sulfonamides is 1. The molecule has 2 atom stereocenters. The number of rotatable bonds is 3. The molecule has 7 heteroatoms. The van der Waals surface area contributed by atoms with Crippen molar-refractivity contribution in [3.8, 4) is 0 Å². The quantitative estimate of drug-likeness (QED) is 0.810. The normalized spacial score (nSPS) is 23.8. The molecule has 0 unspecified atom stereocenters. The minimum atomic E-state index is -3.69. The van der Waals surface area contributed by atoms with E-state index in [1.54, 1.807) is 0 Å². The van der Waals surface area contributed by atoms with E-state index in [1.807, 2.05) is 0 Å². The molecule has 1 N–H and O–H groups in total. The van der Waals surface area contributed by atoms with Crippen LogP contribution in [0, 0.1) is 5.92 Å². The summed E-state index contributed by atoms with van der Waals surface area (Å²) in [4.78, 5) is -0.0219. The molecule has 1 aromatic carbocycles. The number of halogens is 3. The third-order valence-electron chi connectivity index (χ3n) is 3.71. The SMILES string of the molecule is C[C@@H]1CCCC[C@@H]1NS(=O)(=O)c1ccc(Cl)c(Cl)c1Cl. The maximum Gasteiger partial charge on any atom is 0.242 e. The molecule has 0 saturated heterocycles. The largest absolute Gasteiger partial charge is 0.242 e. The Morgan fingerprint density at radius 2 is 1.75 bits per heavy atom. The van der Waals surface area contributed by atoms with Gasteiger partial charge in [-0.05, 0) is 30.9 Å². The molecule has 0 aliphatic heterocycles. The Bertz CT molecular complexity index is 604. The predicted octanol–water partition coefficient (Wildman–Crippen LogP) is 4.50. The number of benzene rings is 1. The van der Waals surface area contributed by atoms with Gasteiger partial charge in [-0.1, -0.05) is 54.6 Å². The molecule has 0 heterocycles. The summed E-state index contributed by atoms with van der Waals surface area (Å²) in [5.41, 5.74) is 0. The Hall–Kier alpha value is -0.000000000000000167. The molecule has 1 fully saturated rings. The molecule has 1 aliphatic rings. The molecule has 1 aromatic rings. The van der Waals surface area contributed by atoms with Crippen LogP contribution in [0.15, 0.2) is 17.0 Å². The molecule has 0 aromatic heterocycles. The Kier molecular flexibility index (Phi) is 5.24. The molecule has 0 bridgehead atoms. The summed E-state index contributed by atoms with van der Waals surface area (Å²) in [6.07, 6.45) is 4.06. The van der Waals surface area contributed by atoms with Crippen LogP contribution < -0.4 is 4.72 Å². The van der Waals surface area contributed by atoms with Gasteiger partial charge in [-0.2, -0.15) is 0 Å². The minimum Gasteiger partial charge on any atom is -0.208 e. The van der Waals surface area contributed by atoms with Crippen molar-refractivity contribution in [3.63, 3.8) is 0 Å². The van der Waals surface area contributed by atoms with Gasteiger partial charge in [0.05, 0.1) is 15.1 Å². The lowest BCUT2D eigenvalue weighted by molar-refractivity contribution is 0.310. The van der Waals surface area contributed by atoms with E-state index in [0.29, 0.717) is 5.92 Å². The monoisotopic (exact) mass is 355 g/mol. The predicted molar refractivity (Wildman–Crippen MR) is 83.2 cm³/mol. The zero-order valence-corrected chi connectivity index (χ0v) is 14.1. The van der Waals surface area contributed by atoms with Gasteiger partial charge >= 0.3 is 0 Å². The van der Waals surface area contributed by atoms with Crippen LogP contribution in [0.3, 0.4) is 0 Å². The second-order valence-corrected chi connectivity index (χ2v) is 8.01. The molecule has 3 nitrogen and oxygen atoms in total. The highest BCUT2D eigenvalue weighted by Gasteiger charge is 2.28. The van der Waals surface area contributed by atoms with E-state index in [1.165, 1.54) is 12.1 Å². The first-order chi connectivity index (χ1) is 9.33. The van der Waals surface area contributed by atoms with Gasteiger partial charge in [-0.15, -0.1) is 0 Å². The minimum absolute atomic E-state index is 0.0219. The van der Waals surface area contributed by atoms with Gasteiger partial charge in [-0.3, -0.25) is 0 Å². The first-order valence-electron chi connectivity index (χ1n) is 6.49. The van der Waals surface area contributed by atoms with Crippen LogP contribution in [-0.2, 0) is 10.0 Å². The molecular weight excluding hydrogens is 341 g/mol. The molecule has 112 valence electrons. The van der Waals surface area contributed by atoms with Crippen LogP contribution in [0.1, 0.15) is 32.6 Å². The molecule has 1 aliphatic carbocycles. The third-order valence-corrected chi connectivity index (χ3v) is 6.65. The fraction of sp³-hybridized carbons (Fsp3) is 0.538. The second kappa shape index (κ2) is 6.41. The van der Waals surface area contributed by atoms with Crippen molar-refractivity contribution < 1.29 is 8.42 Å². The maximum absolute atomic E-state index is 12.4. The summed E-state index contributed by atoms with van der Waals surface area (Å²) in [6.45, 7) is 2.06. The fourth-order valence-corrected chi connectivity index (χ4v) is 4.83. The van der Waals surface area contributed by atoms with E-state index < -0.39 is 10.0 Å².